The third-order valence-electron chi connectivity index (χ3n) is 3.51. The normalized spacial score (nSPS) is 13.8. The third-order valence-corrected chi connectivity index (χ3v) is 3.76. The first-order valence-electron chi connectivity index (χ1n) is 6.27. The highest BCUT2D eigenvalue weighted by molar-refractivity contribution is 6.30. The number of halogens is 1. The van der Waals surface area contributed by atoms with Crippen LogP contribution < -0.4 is 0 Å². The van der Waals surface area contributed by atoms with Crippen LogP contribution in [0.25, 0.3) is 0 Å². The van der Waals surface area contributed by atoms with E-state index in [1.165, 1.54) is 0 Å². The predicted octanol–water partition coefficient (Wildman–Crippen LogP) is 3.80. The zero-order chi connectivity index (χ0) is 13.4. The van der Waals surface area contributed by atoms with Gasteiger partial charge in [-0.2, -0.15) is 0 Å². The monoisotopic (exact) mass is 271 g/mol. The molecule has 0 radical (unpaired) electrons. The SMILES string of the molecule is Cc1cccc2c1C(=O)N(Cc1ccc(Cl)cc1)C2. The molecule has 3 rings (SSSR count). The number of aryl methyl sites for hydroxylation is 1. The Bertz CT molecular complexity index is 634. The lowest BCUT2D eigenvalue weighted by molar-refractivity contribution is 0.0766. The van der Waals surface area contributed by atoms with Crippen molar-refractivity contribution in [2.75, 3.05) is 0 Å². The molecule has 2 aromatic carbocycles. The van der Waals surface area contributed by atoms with Gasteiger partial charge in [0.2, 0.25) is 0 Å². The van der Waals surface area contributed by atoms with E-state index in [0.717, 1.165) is 27.3 Å². The van der Waals surface area contributed by atoms with Crippen molar-refractivity contribution in [3.05, 3.63) is 69.7 Å². The first-order chi connectivity index (χ1) is 9.15. The van der Waals surface area contributed by atoms with E-state index in [1.54, 1.807) is 0 Å². The molecule has 0 spiro atoms. The van der Waals surface area contributed by atoms with Crippen molar-refractivity contribution in [1.82, 2.24) is 4.90 Å². The summed E-state index contributed by atoms with van der Waals surface area (Å²) in [7, 11) is 0. The third kappa shape index (κ3) is 2.24. The largest absolute Gasteiger partial charge is 0.330 e. The standard InChI is InChI=1S/C16H14ClNO/c1-11-3-2-4-13-10-18(16(19)15(11)13)9-12-5-7-14(17)8-6-12/h2-8H,9-10H2,1H3. The van der Waals surface area contributed by atoms with Crippen LogP contribution in [-0.2, 0) is 13.1 Å². The van der Waals surface area contributed by atoms with Gasteiger partial charge in [0.05, 0.1) is 0 Å². The fourth-order valence-electron chi connectivity index (χ4n) is 2.54. The maximum absolute atomic E-state index is 12.4. The fourth-order valence-corrected chi connectivity index (χ4v) is 2.67. The van der Waals surface area contributed by atoms with Gasteiger partial charge < -0.3 is 4.90 Å². The summed E-state index contributed by atoms with van der Waals surface area (Å²) < 4.78 is 0. The van der Waals surface area contributed by atoms with Crippen molar-refractivity contribution in [2.24, 2.45) is 0 Å². The molecule has 0 N–H and O–H groups in total. The van der Waals surface area contributed by atoms with Gasteiger partial charge in [0.25, 0.3) is 5.91 Å². The molecule has 19 heavy (non-hydrogen) atoms. The zero-order valence-corrected chi connectivity index (χ0v) is 11.4. The molecule has 0 fully saturated rings. The average Bonchev–Trinajstić information content (AvgIpc) is 2.71. The van der Waals surface area contributed by atoms with E-state index in [-0.39, 0.29) is 5.91 Å². The summed E-state index contributed by atoms with van der Waals surface area (Å²) in [5.41, 5.74) is 4.15. The second-order valence-corrected chi connectivity index (χ2v) is 5.33. The number of benzene rings is 2. The van der Waals surface area contributed by atoms with Gasteiger partial charge in [0.1, 0.15) is 0 Å². The Balaban J connectivity index is 1.84. The number of rotatable bonds is 2. The van der Waals surface area contributed by atoms with Crippen molar-refractivity contribution in [3.63, 3.8) is 0 Å². The molecule has 96 valence electrons. The summed E-state index contributed by atoms with van der Waals surface area (Å²) in [6.45, 7) is 3.31. The minimum absolute atomic E-state index is 0.128. The molecule has 1 amide bonds. The van der Waals surface area contributed by atoms with Crippen LogP contribution in [0.2, 0.25) is 5.02 Å². The van der Waals surface area contributed by atoms with Crippen LogP contribution in [0.15, 0.2) is 42.5 Å². The second-order valence-electron chi connectivity index (χ2n) is 4.90. The Morgan fingerprint density at radius 3 is 2.58 bits per heavy atom. The number of hydrogen-bond donors (Lipinski definition) is 0. The molecule has 0 atom stereocenters. The molecular weight excluding hydrogens is 258 g/mol. The van der Waals surface area contributed by atoms with Crippen molar-refractivity contribution in [3.8, 4) is 0 Å². The molecule has 0 aliphatic carbocycles. The van der Waals surface area contributed by atoms with Gasteiger partial charge in [0.15, 0.2) is 0 Å². The topological polar surface area (TPSA) is 20.3 Å². The maximum atomic E-state index is 12.4. The summed E-state index contributed by atoms with van der Waals surface area (Å²) in [5, 5.41) is 0.718. The van der Waals surface area contributed by atoms with E-state index in [0.29, 0.717) is 13.1 Å². The first-order valence-corrected chi connectivity index (χ1v) is 6.65. The van der Waals surface area contributed by atoms with Crippen LogP contribution in [0.5, 0.6) is 0 Å². The Hall–Kier alpha value is -1.80. The lowest BCUT2D eigenvalue weighted by Crippen LogP contribution is -2.23. The van der Waals surface area contributed by atoms with Crippen LogP contribution in [-0.4, -0.2) is 10.8 Å². The highest BCUT2D eigenvalue weighted by Gasteiger charge is 2.28. The Kier molecular flexibility index (Phi) is 3.03. The average molecular weight is 272 g/mol. The molecule has 0 unspecified atom stereocenters. The maximum Gasteiger partial charge on any atom is 0.255 e. The Morgan fingerprint density at radius 1 is 1.16 bits per heavy atom. The van der Waals surface area contributed by atoms with Crippen LogP contribution in [0.4, 0.5) is 0 Å². The van der Waals surface area contributed by atoms with E-state index in [9.17, 15) is 4.79 Å². The highest BCUT2D eigenvalue weighted by atomic mass is 35.5. The molecule has 1 aliphatic rings. The number of carbonyl (C=O) groups excluding carboxylic acids is 1. The zero-order valence-electron chi connectivity index (χ0n) is 10.7. The molecule has 1 heterocycles. The van der Waals surface area contributed by atoms with Gasteiger partial charge in [-0.15, -0.1) is 0 Å². The quantitative estimate of drug-likeness (QED) is 0.813. The minimum atomic E-state index is 0.128. The van der Waals surface area contributed by atoms with E-state index >= 15 is 0 Å². The van der Waals surface area contributed by atoms with Gasteiger partial charge in [0, 0.05) is 23.7 Å². The van der Waals surface area contributed by atoms with Crippen molar-refractivity contribution >= 4 is 17.5 Å². The van der Waals surface area contributed by atoms with E-state index in [1.807, 2.05) is 54.3 Å². The van der Waals surface area contributed by atoms with Crippen LogP contribution in [0.1, 0.15) is 27.0 Å². The van der Waals surface area contributed by atoms with Gasteiger partial charge in [-0.25, -0.2) is 0 Å². The van der Waals surface area contributed by atoms with Gasteiger partial charge in [-0.1, -0.05) is 41.9 Å². The molecule has 0 aromatic heterocycles. The summed E-state index contributed by atoms with van der Waals surface area (Å²) >= 11 is 5.87. The summed E-state index contributed by atoms with van der Waals surface area (Å²) in [4.78, 5) is 14.3. The van der Waals surface area contributed by atoms with Crippen molar-refractivity contribution in [1.29, 1.82) is 0 Å². The number of hydrogen-bond acceptors (Lipinski definition) is 1. The first kappa shape index (κ1) is 12.2. The lowest BCUT2D eigenvalue weighted by atomic mass is 10.0. The van der Waals surface area contributed by atoms with Gasteiger partial charge >= 0.3 is 0 Å². The Labute approximate surface area is 117 Å². The number of nitrogens with zero attached hydrogens (tertiary/aromatic N) is 1. The van der Waals surface area contributed by atoms with Crippen LogP contribution in [0.3, 0.4) is 0 Å². The van der Waals surface area contributed by atoms with E-state index in [2.05, 4.69) is 0 Å². The Morgan fingerprint density at radius 2 is 1.89 bits per heavy atom. The lowest BCUT2D eigenvalue weighted by Gasteiger charge is -2.15. The predicted molar refractivity (Wildman–Crippen MR) is 76.2 cm³/mol. The van der Waals surface area contributed by atoms with Crippen molar-refractivity contribution in [2.45, 2.75) is 20.0 Å². The summed E-state index contributed by atoms with van der Waals surface area (Å²) in [5.74, 6) is 0.128. The molecular formula is C16H14ClNO. The molecule has 1 aliphatic heterocycles. The highest BCUT2D eigenvalue weighted by Crippen LogP contribution is 2.27. The van der Waals surface area contributed by atoms with Crippen LogP contribution in [0, 0.1) is 6.92 Å². The smallest absolute Gasteiger partial charge is 0.255 e. The molecule has 0 saturated carbocycles. The van der Waals surface area contributed by atoms with Gasteiger partial charge in [-0.3, -0.25) is 4.79 Å². The molecule has 0 saturated heterocycles. The van der Waals surface area contributed by atoms with Gasteiger partial charge in [-0.05, 0) is 35.7 Å². The molecule has 2 aromatic rings. The fraction of sp³-hybridized carbons (Fsp3) is 0.188. The molecule has 2 nitrogen and oxygen atoms in total. The van der Waals surface area contributed by atoms with Crippen molar-refractivity contribution < 1.29 is 4.79 Å². The molecule has 0 bridgehead atoms. The summed E-state index contributed by atoms with van der Waals surface area (Å²) in [6, 6.07) is 13.7. The number of carbonyl (C=O) groups is 1. The van der Waals surface area contributed by atoms with E-state index in [4.69, 9.17) is 11.6 Å². The van der Waals surface area contributed by atoms with Crippen LogP contribution >= 0.6 is 11.6 Å². The number of fused-ring (bicyclic) bond motifs is 1. The number of amides is 1. The minimum Gasteiger partial charge on any atom is -0.330 e. The van der Waals surface area contributed by atoms with E-state index < -0.39 is 0 Å². The molecule has 3 heteroatoms. The second kappa shape index (κ2) is 4.71. The summed E-state index contributed by atoms with van der Waals surface area (Å²) in [6.07, 6.45) is 0.